The van der Waals surface area contributed by atoms with E-state index in [1.54, 1.807) is 0 Å². The van der Waals surface area contributed by atoms with Crippen molar-refractivity contribution in [2.75, 3.05) is 59.0 Å². The van der Waals surface area contributed by atoms with Crippen LogP contribution in [0.4, 0.5) is 0 Å². The van der Waals surface area contributed by atoms with Gasteiger partial charge in [0.1, 0.15) is 6.10 Å². The van der Waals surface area contributed by atoms with E-state index < -0.39 is 0 Å². The van der Waals surface area contributed by atoms with E-state index in [1.165, 1.54) is 5.56 Å². The first kappa shape index (κ1) is 26.4. The quantitative estimate of drug-likeness (QED) is 0.694. The molecule has 1 atom stereocenters. The fourth-order valence-corrected chi connectivity index (χ4v) is 3.20. The molecule has 0 radical (unpaired) electrons. The SMILES string of the molecule is Cl.Cl.Cl.O=C(NCCN1CCN(Cc2ccccc2)CC1)C1CNCCO1. The Kier molecular flexibility index (Phi) is 14.1. The van der Waals surface area contributed by atoms with Crippen molar-refractivity contribution in [2.45, 2.75) is 12.6 Å². The average Bonchev–Trinajstić information content (AvgIpc) is 2.65. The molecule has 2 aliphatic rings. The first-order valence-electron chi connectivity index (χ1n) is 8.90. The second-order valence-electron chi connectivity index (χ2n) is 6.46. The van der Waals surface area contributed by atoms with Crippen LogP contribution in [-0.2, 0) is 16.1 Å². The molecule has 2 N–H and O–H groups in total. The maximum absolute atomic E-state index is 12.0. The van der Waals surface area contributed by atoms with E-state index >= 15 is 0 Å². The number of ether oxygens (including phenoxy) is 1. The topological polar surface area (TPSA) is 56.8 Å². The summed E-state index contributed by atoms with van der Waals surface area (Å²) >= 11 is 0. The lowest BCUT2D eigenvalue weighted by molar-refractivity contribution is -0.134. The van der Waals surface area contributed by atoms with Crippen LogP contribution >= 0.6 is 37.2 Å². The molecule has 1 amide bonds. The first-order valence-corrected chi connectivity index (χ1v) is 8.90. The summed E-state index contributed by atoms with van der Waals surface area (Å²) in [5, 5.41) is 6.17. The third-order valence-electron chi connectivity index (χ3n) is 4.66. The van der Waals surface area contributed by atoms with Gasteiger partial charge in [-0.05, 0) is 5.56 Å². The van der Waals surface area contributed by atoms with Gasteiger partial charge in [-0.3, -0.25) is 14.6 Å². The molecule has 0 aliphatic carbocycles. The van der Waals surface area contributed by atoms with E-state index in [9.17, 15) is 4.79 Å². The Morgan fingerprint density at radius 3 is 2.37 bits per heavy atom. The number of rotatable bonds is 6. The second kappa shape index (κ2) is 14.4. The maximum Gasteiger partial charge on any atom is 0.250 e. The Morgan fingerprint density at radius 2 is 1.74 bits per heavy atom. The monoisotopic (exact) mass is 440 g/mol. The van der Waals surface area contributed by atoms with Crippen molar-refractivity contribution in [3.63, 3.8) is 0 Å². The van der Waals surface area contributed by atoms with Crippen molar-refractivity contribution < 1.29 is 9.53 Å². The molecule has 2 saturated heterocycles. The number of amides is 1. The molecule has 0 saturated carbocycles. The molecule has 9 heteroatoms. The Hall–Kier alpha value is -0.600. The van der Waals surface area contributed by atoms with Crippen molar-refractivity contribution in [3.05, 3.63) is 35.9 Å². The van der Waals surface area contributed by atoms with Gasteiger partial charge in [0.2, 0.25) is 0 Å². The van der Waals surface area contributed by atoms with E-state index in [-0.39, 0.29) is 49.2 Å². The molecule has 0 spiro atoms. The summed E-state index contributed by atoms with van der Waals surface area (Å²) < 4.78 is 5.46. The van der Waals surface area contributed by atoms with Crippen molar-refractivity contribution in [3.8, 4) is 0 Å². The molecule has 1 aromatic rings. The van der Waals surface area contributed by atoms with E-state index in [1.807, 2.05) is 0 Å². The molecular formula is C18H31Cl3N4O2. The summed E-state index contributed by atoms with van der Waals surface area (Å²) in [7, 11) is 0. The zero-order valence-corrected chi connectivity index (χ0v) is 17.9. The van der Waals surface area contributed by atoms with Crippen LogP contribution in [0, 0.1) is 0 Å². The van der Waals surface area contributed by atoms with Crippen LogP contribution in [0.1, 0.15) is 5.56 Å². The number of benzene rings is 1. The van der Waals surface area contributed by atoms with Gasteiger partial charge in [-0.15, -0.1) is 37.2 Å². The lowest BCUT2D eigenvalue weighted by Crippen LogP contribution is -2.51. The Labute approximate surface area is 180 Å². The van der Waals surface area contributed by atoms with Crippen LogP contribution in [0.3, 0.4) is 0 Å². The van der Waals surface area contributed by atoms with Crippen LogP contribution < -0.4 is 10.6 Å². The highest BCUT2D eigenvalue weighted by atomic mass is 35.5. The summed E-state index contributed by atoms with van der Waals surface area (Å²) in [6, 6.07) is 10.6. The van der Waals surface area contributed by atoms with Gasteiger partial charge in [0.05, 0.1) is 6.61 Å². The molecule has 0 bridgehead atoms. The minimum absolute atomic E-state index is 0. The number of piperazine rings is 1. The summed E-state index contributed by atoms with van der Waals surface area (Å²) in [5.74, 6) is 0.00455. The number of carbonyl (C=O) groups excluding carboxylic acids is 1. The second-order valence-corrected chi connectivity index (χ2v) is 6.46. The minimum atomic E-state index is -0.332. The van der Waals surface area contributed by atoms with Gasteiger partial charge in [0.25, 0.3) is 5.91 Å². The minimum Gasteiger partial charge on any atom is -0.366 e. The van der Waals surface area contributed by atoms with Crippen LogP contribution in [0.5, 0.6) is 0 Å². The molecule has 1 unspecified atom stereocenters. The van der Waals surface area contributed by atoms with Crippen LogP contribution in [0.25, 0.3) is 0 Å². The molecule has 3 rings (SSSR count). The molecule has 2 aliphatic heterocycles. The smallest absolute Gasteiger partial charge is 0.250 e. The number of halogens is 3. The van der Waals surface area contributed by atoms with Gasteiger partial charge in [-0.1, -0.05) is 30.3 Å². The highest BCUT2D eigenvalue weighted by molar-refractivity contribution is 5.86. The molecule has 0 aromatic heterocycles. The molecule has 6 nitrogen and oxygen atoms in total. The van der Waals surface area contributed by atoms with Crippen LogP contribution in [0.2, 0.25) is 0 Å². The standard InChI is InChI=1S/C18H28N4O2.3ClH/c23-18(17-14-19-7-13-24-17)20-6-8-21-9-11-22(12-10-21)15-16-4-2-1-3-5-16;;;/h1-5,17,19H,6-15H2,(H,20,23);3*1H. The van der Waals surface area contributed by atoms with Crippen molar-refractivity contribution in [1.82, 2.24) is 20.4 Å². The molecule has 156 valence electrons. The van der Waals surface area contributed by atoms with Crippen molar-refractivity contribution in [1.29, 1.82) is 0 Å². The van der Waals surface area contributed by atoms with Crippen LogP contribution in [0.15, 0.2) is 30.3 Å². The molecule has 2 fully saturated rings. The Morgan fingerprint density at radius 1 is 1.07 bits per heavy atom. The third kappa shape index (κ3) is 8.96. The normalized spacial score (nSPS) is 20.5. The zero-order valence-electron chi connectivity index (χ0n) is 15.5. The number of morpholine rings is 1. The predicted molar refractivity (Wildman–Crippen MR) is 116 cm³/mol. The zero-order chi connectivity index (χ0) is 16.6. The van der Waals surface area contributed by atoms with E-state index in [2.05, 4.69) is 50.8 Å². The summed E-state index contributed by atoms with van der Waals surface area (Å²) in [4.78, 5) is 16.9. The van der Waals surface area contributed by atoms with E-state index in [4.69, 9.17) is 4.74 Å². The number of carbonyl (C=O) groups is 1. The predicted octanol–water partition coefficient (Wildman–Crippen LogP) is 1.17. The number of nitrogens with one attached hydrogen (secondary N) is 2. The van der Waals surface area contributed by atoms with E-state index in [0.29, 0.717) is 19.7 Å². The highest BCUT2D eigenvalue weighted by Gasteiger charge is 2.22. The Balaban J connectivity index is 0.00000225. The molecule has 27 heavy (non-hydrogen) atoms. The van der Waals surface area contributed by atoms with Gasteiger partial charge >= 0.3 is 0 Å². The van der Waals surface area contributed by atoms with Crippen molar-refractivity contribution >= 4 is 43.1 Å². The number of hydrogen-bond acceptors (Lipinski definition) is 5. The third-order valence-corrected chi connectivity index (χ3v) is 4.66. The van der Waals surface area contributed by atoms with Gasteiger partial charge in [-0.2, -0.15) is 0 Å². The lowest BCUT2D eigenvalue weighted by Gasteiger charge is -2.34. The average molecular weight is 442 g/mol. The highest BCUT2D eigenvalue weighted by Crippen LogP contribution is 2.08. The van der Waals surface area contributed by atoms with Crippen molar-refractivity contribution in [2.24, 2.45) is 0 Å². The number of hydrogen-bond donors (Lipinski definition) is 2. The van der Waals surface area contributed by atoms with Gasteiger partial charge < -0.3 is 15.4 Å². The van der Waals surface area contributed by atoms with Gasteiger partial charge in [0.15, 0.2) is 0 Å². The number of nitrogens with zero attached hydrogens (tertiary/aromatic N) is 2. The summed E-state index contributed by atoms with van der Waals surface area (Å²) in [6.07, 6.45) is -0.332. The van der Waals surface area contributed by atoms with Gasteiger partial charge in [0, 0.05) is 58.9 Å². The lowest BCUT2D eigenvalue weighted by atomic mass is 10.2. The van der Waals surface area contributed by atoms with Gasteiger partial charge in [-0.25, -0.2) is 0 Å². The van der Waals surface area contributed by atoms with Crippen LogP contribution in [-0.4, -0.2) is 80.8 Å². The molecular weight excluding hydrogens is 411 g/mol. The summed E-state index contributed by atoms with van der Waals surface area (Å²) in [6.45, 7) is 8.97. The Bertz CT molecular complexity index is 511. The molecule has 2 heterocycles. The fraction of sp³-hybridized carbons (Fsp3) is 0.611. The molecule has 1 aromatic carbocycles. The van der Waals surface area contributed by atoms with E-state index in [0.717, 1.165) is 45.8 Å². The largest absolute Gasteiger partial charge is 0.366 e. The first-order chi connectivity index (χ1) is 11.8. The summed E-state index contributed by atoms with van der Waals surface area (Å²) in [5.41, 5.74) is 1.37. The maximum atomic E-state index is 12.0. The fourth-order valence-electron chi connectivity index (χ4n) is 3.20.